The number of hydrogen-bond donors (Lipinski definition) is 0. The molecule has 1 aromatic carbocycles. The van der Waals surface area contributed by atoms with E-state index in [-0.39, 0.29) is 5.41 Å². The molecule has 0 saturated heterocycles. The minimum absolute atomic E-state index is 0.248. The van der Waals surface area contributed by atoms with E-state index >= 15 is 0 Å². The fraction of sp³-hybridized carbons (Fsp3) is 0.562. The van der Waals surface area contributed by atoms with Gasteiger partial charge in [0.25, 0.3) is 0 Å². The number of benzene rings is 1. The zero-order valence-electron chi connectivity index (χ0n) is 12.1. The van der Waals surface area contributed by atoms with Gasteiger partial charge in [0, 0.05) is 0 Å². The van der Waals surface area contributed by atoms with Crippen LogP contribution in [0.25, 0.3) is 0 Å². The fourth-order valence-electron chi connectivity index (χ4n) is 1.84. The van der Waals surface area contributed by atoms with Crippen LogP contribution in [0, 0.1) is 37.5 Å². The highest BCUT2D eigenvalue weighted by atomic mass is 16.5. The molecule has 18 heavy (non-hydrogen) atoms. The maximum Gasteiger partial charge on any atom is 0.122 e. The molecule has 0 amide bonds. The predicted octanol–water partition coefficient (Wildman–Crippen LogP) is 4.32. The van der Waals surface area contributed by atoms with Crippen molar-refractivity contribution in [3.8, 4) is 11.8 Å². The lowest BCUT2D eigenvalue weighted by molar-refractivity contribution is 0.282. The first-order valence-electron chi connectivity index (χ1n) is 6.47. The van der Waals surface area contributed by atoms with E-state index in [0.29, 0.717) is 6.61 Å². The van der Waals surface area contributed by atoms with E-state index in [4.69, 9.17) is 10.00 Å². The standard InChI is InChI=1S/C16H23NO/c1-12-9-14(3)15(10-13(12)2)18-8-6-7-16(4,5)11-17/h9-10H,6-8H2,1-5H3. The summed E-state index contributed by atoms with van der Waals surface area (Å²) in [6, 6.07) is 6.57. The van der Waals surface area contributed by atoms with E-state index in [9.17, 15) is 0 Å². The lowest BCUT2D eigenvalue weighted by Gasteiger charge is -2.16. The molecule has 0 radical (unpaired) electrons. The Labute approximate surface area is 111 Å². The second-order valence-corrected chi connectivity index (χ2v) is 5.65. The Hall–Kier alpha value is -1.49. The van der Waals surface area contributed by atoms with Crippen molar-refractivity contribution < 1.29 is 4.74 Å². The lowest BCUT2D eigenvalue weighted by atomic mass is 9.90. The van der Waals surface area contributed by atoms with Crippen LogP contribution in [0.2, 0.25) is 0 Å². The summed E-state index contributed by atoms with van der Waals surface area (Å²) in [5.74, 6) is 0.966. The third kappa shape index (κ3) is 4.07. The van der Waals surface area contributed by atoms with Crippen molar-refractivity contribution in [3.05, 3.63) is 28.8 Å². The van der Waals surface area contributed by atoms with Gasteiger partial charge in [-0.05, 0) is 70.2 Å². The molecule has 0 aromatic heterocycles. The Bertz CT molecular complexity index is 455. The van der Waals surface area contributed by atoms with Crippen LogP contribution in [0.5, 0.6) is 5.75 Å². The summed E-state index contributed by atoms with van der Waals surface area (Å²) in [7, 11) is 0. The van der Waals surface area contributed by atoms with E-state index in [1.54, 1.807) is 0 Å². The first-order chi connectivity index (χ1) is 8.35. The van der Waals surface area contributed by atoms with Crippen LogP contribution < -0.4 is 4.74 Å². The highest BCUT2D eigenvalue weighted by Crippen LogP contribution is 2.24. The van der Waals surface area contributed by atoms with Gasteiger partial charge < -0.3 is 4.74 Å². The molecule has 0 bridgehead atoms. The summed E-state index contributed by atoms with van der Waals surface area (Å²) in [6.45, 7) is 10.9. The van der Waals surface area contributed by atoms with Gasteiger partial charge in [0.1, 0.15) is 5.75 Å². The largest absolute Gasteiger partial charge is 0.493 e. The normalized spacial score (nSPS) is 11.1. The lowest BCUT2D eigenvalue weighted by Crippen LogP contribution is -2.10. The fourth-order valence-corrected chi connectivity index (χ4v) is 1.84. The molecule has 0 atom stereocenters. The zero-order chi connectivity index (χ0) is 13.8. The number of rotatable bonds is 5. The summed E-state index contributed by atoms with van der Waals surface area (Å²) in [6.07, 6.45) is 1.78. The number of hydrogen-bond acceptors (Lipinski definition) is 2. The number of nitriles is 1. The van der Waals surface area contributed by atoms with Crippen molar-refractivity contribution in [1.29, 1.82) is 5.26 Å². The number of aryl methyl sites for hydroxylation is 3. The Balaban J connectivity index is 2.50. The second kappa shape index (κ2) is 5.91. The van der Waals surface area contributed by atoms with Crippen LogP contribution in [0.4, 0.5) is 0 Å². The van der Waals surface area contributed by atoms with E-state index in [1.807, 2.05) is 13.8 Å². The van der Waals surface area contributed by atoms with Gasteiger partial charge in [-0.25, -0.2) is 0 Å². The van der Waals surface area contributed by atoms with Crippen LogP contribution in [0.15, 0.2) is 12.1 Å². The Morgan fingerprint density at radius 2 is 1.72 bits per heavy atom. The Morgan fingerprint density at radius 3 is 2.33 bits per heavy atom. The average molecular weight is 245 g/mol. The molecule has 0 aliphatic carbocycles. The quantitative estimate of drug-likeness (QED) is 0.724. The van der Waals surface area contributed by atoms with Crippen molar-refractivity contribution in [2.45, 2.75) is 47.5 Å². The first-order valence-corrected chi connectivity index (χ1v) is 6.47. The van der Waals surface area contributed by atoms with Gasteiger partial charge in [-0.3, -0.25) is 0 Å². The summed E-state index contributed by atoms with van der Waals surface area (Å²) >= 11 is 0. The monoisotopic (exact) mass is 245 g/mol. The van der Waals surface area contributed by atoms with Crippen molar-refractivity contribution in [3.63, 3.8) is 0 Å². The molecule has 0 unspecified atom stereocenters. The van der Waals surface area contributed by atoms with Crippen molar-refractivity contribution >= 4 is 0 Å². The van der Waals surface area contributed by atoms with Gasteiger partial charge in [-0.15, -0.1) is 0 Å². The molecule has 1 rings (SSSR count). The van der Waals surface area contributed by atoms with Gasteiger partial charge >= 0.3 is 0 Å². The van der Waals surface area contributed by atoms with Crippen LogP contribution >= 0.6 is 0 Å². The molecule has 98 valence electrons. The first kappa shape index (κ1) is 14.6. The van der Waals surface area contributed by atoms with Crippen LogP contribution in [0.1, 0.15) is 43.4 Å². The van der Waals surface area contributed by atoms with Gasteiger partial charge in [0.05, 0.1) is 18.1 Å². The zero-order valence-corrected chi connectivity index (χ0v) is 12.1. The van der Waals surface area contributed by atoms with E-state index in [2.05, 4.69) is 39.0 Å². The molecule has 0 N–H and O–H groups in total. The average Bonchev–Trinajstić information content (AvgIpc) is 2.31. The third-order valence-corrected chi connectivity index (χ3v) is 3.30. The van der Waals surface area contributed by atoms with Crippen LogP contribution in [0.3, 0.4) is 0 Å². The molecule has 0 heterocycles. The van der Waals surface area contributed by atoms with E-state index in [0.717, 1.165) is 18.6 Å². The number of ether oxygens (including phenoxy) is 1. The van der Waals surface area contributed by atoms with E-state index in [1.165, 1.54) is 16.7 Å². The summed E-state index contributed by atoms with van der Waals surface area (Å²) in [5.41, 5.74) is 3.48. The van der Waals surface area contributed by atoms with Gasteiger partial charge in [0.2, 0.25) is 0 Å². The predicted molar refractivity (Wildman–Crippen MR) is 74.8 cm³/mol. The van der Waals surface area contributed by atoms with Gasteiger partial charge in [-0.2, -0.15) is 5.26 Å². The molecule has 0 fully saturated rings. The highest BCUT2D eigenvalue weighted by molar-refractivity contribution is 5.40. The van der Waals surface area contributed by atoms with Gasteiger partial charge in [-0.1, -0.05) is 6.07 Å². The maximum atomic E-state index is 8.93. The summed E-state index contributed by atoms with van der Waals surface area (Å²) in [5, 5.41) is 8.93. The third-order valence-electron chi connectivity index (χ3n) is 3.30. The highest BCUT2D eigenvalue weighted by Gasteiger charge is 2.15. The molecule has 1 aromatic rings. The maximum absolute atomic E-state index is 8.93. The topological polar surface area (TPSA) is 33.0 Å². The minimum atomic E-state index is -0.248. The molecular formula is C16H23NO. The van der Waals surface area contributed by atoms with Crippen molar-refractivity contribution in [2.75, 3.05) is 6.61 Å². The minimum Gasteiger partial charge on any atom is -0.493 e. The Kier molecular flexibility index (Phi) is 4.78. The molecule has 0 aliphatic heterocycles. The Morgan fingerprint density at radius 1 is 1.11 bits per heavy atom. The SMILES string of the molecule is Cc1cc(C)c(OCCCC(C)(C)C#N)cc1C. The van der Waals surface area contributed by atoms with Crippen molar-refractivity contribution in [2.24, 2.45) is 5.41 Å². The van der Waals surface area contributed by atoms with E-state index < -0.39 is 0 Å². The number of nitrogens with zero attached hydrogens (tertiary/aromatic N) is 1. The van der Waals surface area contributed by atoms with Gasteiger partial charge in [0.15, 0.2) is 0 Å². The second-order valence-electron chi connectivity index (χ2n) is 5.65. The molecule has 0 saturated carbocycles. The van der Waals surface area contributed by atoms with Crippen molar-refractivity contribution in [1.82, 2.24) is 0 Å². The molecule has 0 aliphatic rings. The van der Waals surface area contributed by atoms with Crippen LogP contribution in [-0.4, -0.2) is 6.61 Å². The van der Waals surface area contributed by atoms with Crippen LogP contribution in [-0.2, 0) is 0 Å². The summed E-state index contributed by atoms with van der Waals surface area (Å²) in [4.78, 5) is 0. The molecular weight excluding hydrogens is 222 g/mol. The smallest absolute Gasteiger partial charge is 0.122 e. The summed E-state index contributed by atoms with van der Waals surface area (Å²) < 4.78 is 5.80. The molecule has 2 nitrogen and oxygen atoms in total. The molecule has 2 heteroatoms. The molecule has 0 spiro atoms.